The standard InChI is InChI=1S/C20H24N2O3S2/c1-20(2,3)26-13-12-21-19(23)14-22-17-10-6-4-8-15(17)16-9-5-7-11-18(16)27(22,24)25/h4-11H,12-14H2,1-3H3,(H,21,23). The van der Waals surface area contributed by atoms with Gasteiger partial charge in [-0.25, -0.2) is 8.42 Å². The minimum Gasteiger partial charge on any atom is -0.354 e. The van der Waals surface area contributed by atoms with E-state index in [0.29, 0.717) is 17.8 Å². The van der Waals surface area contributed by atoms with Crippen molar-refractivity contribution in [3.63, 3.8) is 0 Å². The fourth-order valence-electron chi connectivity index (χ4n) is 2.99. The Morgan fingerprint density at radius 3 is 2.37 bits per heavy atom. The second-order valence-corrected chi connectivity index (χ2v) is 11.1. The van der Waals surface area contributed by atoms with Crippen LogP contribution in [0.15, 0.2) is 53.4 Å². The summed E-state index contributed by atoms with van der Waals surface area (Å²) in [6, 6.07) is 14.2. The number of carbonyl (C=O) groups excluding carboxylic acids is 1. The largest absolute Gasteiger partial charge is 0.354 e. The van der Waals surface area contributed by atoms with Crippen molar-refractivity contribution in [2.45, 2.75) is 30.4 Å². The summed E-state index contributed by atoms with van der Waals surface area (Å²) in [5.74, 6) is 0.476. The highest BCUT2D eigenvalue weighted by Gasteiger charge is 2.35. The van der Waals surface area contributed by atoms with E-state index in [1.54, 1.807) is 42.1 Å². The molecule has 3 rings (SSSR count). The van der Waals surface area contributed by atoms with Crippen LogP contribution in [0.4, 0.5) is 5.69 Å². The molecule has 2 aromatic rings. The normalized spacial score (nSPS) is 15.0. The molecule has 1 aliphatic rings. The first-order chi connectivity index (χ1) is 12.7. The molecule has 1 amide bonds. The second-order valence-electron chi connectivity index (χ2n) is 7.34. The van der Waals surface area contributed by atoms with Gasteiger partial charge in [-0.05, 0) is 12.1 Å². The van der Waals surface area contributed by atoms with Crippen molar-refractivity contribution in [2.75, 3.05) is 23.1 Å². The van der Waals surface area contributed by atoms with Gasteiger partial charge in [0.25, 0.3) is 10.0 Å². The predicted molar refractivity (Wildman–Crippen MR) is 112 cm³/mol. The van der Waals surface area contributed by atoms with Gasteiger partial charge in [0.05, 0.1) is 10.6 Å². The van der Waals surface area contributed by atoms with E-state index >= 15 is 0 Å². The molecule has 1 aliphatic heterocycles. The number of nitrogens with one attached hydrogen (secondary N) is 1. The van der Waals surface area contributed by atoms with E-state index in [4.69, 9.17) is 0 Å². The van der Waals surface area contributed by atoms with Crippen molar-refractivity contribution in [3.8, 4) is 11.1 Å². The summed E-state index contributed by atoms with van der Waals surface area (Å²) in [6.07, 6.45) is 0. The zero-order valence-electron chi connectivity index (χ0n) is 15.7. The van der Waals surface area contributed by atoms with Crippen molar-refractivity contribution >= 4 is 33.4 Å². The Bertz CT molecular complexity index is 950. The number of amides is 1. The third-order valence-electron chi connectivity index (χ3n) is 4.16. The topological polar surface area (TPSA) is 66.5 Å². The summed E-state index contributed by atoms with van der Waals surface area (Å²) in [5.41, 5.74) is 2.03. The summed E-state index contributed by atoms with van der Waals surface area (Å²) < 4.78 is 27.5. The lowest BCUT2D eigenvalue weighted by atomic mass is 10.0. The first-order valence-electron chi connectivity index (χ1n) is 8.82. The van der Waals surface area contributed by atoms with Crippen molar-refractivity contribution in [1.82, 2.24) is 5.32 Å². The van der Waals surface area contributed by atoms with Crippen LogP contribution in [-0.4, -0.2) is 37.9 Å². The number of nitrogens with zero attached hydrogens (tertiary/aromatic N) is 1. The molecule has 144 valence electrons. The number of anilines is 1. The minimum absolute atomic E-state index is 0.129. The fourth-order valence-corrected chi connectivity index (χ4v) is 5.45. The van der Waals surface area contributed by atoms with Gasteiger partial charge in [-0.3, -0.25) is 9.10 Å². The van der Waals surface area contributed by atoms with Gasteiger partial charge in [0.15, 0.2) is 0 Å². The van der Waals surface area contributed by atoms with Crippen LogP contribution >= 0.6 is 11.8 Å². The van der Waals surface area contributed by atoms with Gasteiger partial charge in [-0.1, -0.05) is 57.2 Å². The van der Waals surface area contributed by atoms with E-state index in [9.17, 15) is 13.2 Å². The molecule has 0 spiro atoms. The highest BCUT2D eigenvalue weighted by atomic mass is 32.2. The Labute approximate surface area is 165 Å². The van der Waals surface area contributed by atoms with Gasteiger partial charge >= 0.3 is 0 Å². The molecule has 0 bridgehead atoms. The molecule has 0 atom stereocenters. The number of thioether (sulfide) groups is 1. The summed E-state index contributed by atoms with van der Waals surface area (Å²) >= 11 is 1.75. The van der Waals surface area contributed by atoms with Crippen molar-refractivity contribution in [3.05, 3.63) is 48.5 Å². The Hall–Kier alpha value is -1.99. The number of benzene rings is 2. The summed E-state index contributed by atoms with van der Waals surface area (Å²) in [7, 11) is -3.78. The Morgan fingerprint density at radius 1 is 1.04 bits per heavy atom. The van der Waals surface area contributed by atoms with Gasteiger partial charge in [0.1, 0.15) is 6.54 Å². The number of carbonyl (C=O) groups is 1. The fraction of sp³-hybridized carbons (Fsp3) is 0.350. The van der Waals surface area contributed by atoms with Gasteiger partial charge in [-0.15, -0.1) is 0 Å². The first-order valence-corrected chi connectivity index (χ1v) is 11.2. The highest BCUT2D eigenvalue weighted by molar-refractivity contribution is 8.00. The smallest absolute Gasteiger partial charge is 0.265 e. The lowest BCUT2D eigenvalue weighted by Gasteiger charge is -2.31. The van der Waals surface area contributed by atoms with E-state index in [1.165, 1.54) is 4.31 Å². The number of rotatable bonds is 5. The SMILES string of the molecule is CC(C)(C)SCCNC(=O)CN1c2ccccc2-c2ccccc2S1(=O)=O. The molecular weight excluding hydrogens is 380 g/mol. The summed E-state index contributed by atoms with van der Waals surface area (Å²) in [5, 5.41) is 2.83. The number of hydrogen-bond donors (Lipinski definition) is 1. The molecule has 0 aliphatic carbocycles. The molecule has 0 radical (unpaired) electrons. The first kappa shape index (κ1) is 19.8. The molecule has 5 nitrogen and oxygen atoms in total. The van der Waals surface area contributed by atoms with Crippen molar-refractivity contribution in [2.24, 2.45) is 0 Å². The number of hydrogen-bond acceptors (Lipinski definition) is 4. The maximum Gasteiger partial charge on any atom is 0.265 e. The van der Waals surface area contributed by atoms with E-state index in [0.717, 1.165) is 11.3 Å². The molecule has 0 saturated carbocycles. The maximum absolute atomic E-state index is 13.1. The molecular formula is C20H24N2O3S2. The average molecular weight is 405 g/mol. The third-order valence-corrected chi connectivity index (χ3v) is 7.26. The van der Waals surface area contributed by atoms with Crippen LogP contribution in [0.3, 0.4) is 0 Å². The number of fused-ring (bicyclic) bond motifs is 3. The minimum atomic E-state index is -3.78. The van der Waals surface area contributed by atoms with Crippen molar-refractivity contribution < 1.29 is 13.2 Å². The molecule has 0 aromatic heterocycles. The van der Waals surface area contributed by atoms with E-state index in [-0.39, 0.29) is 22.1 Å². The van der Waals surface area contributed by atoms with Crippen LogP contribution in [0.1, 0.15) is 20.8 Å². The van der Waals surface area contributed by atoms with E-state index < -0.39 is 10.0 Å². The number of para-hydroxylation sites is 1. The molecule has 2 aromatic carbocycles. The van der Waals surface area contributed by atoms with Crippen LogP contribution < -0.4 is 9.62 Å². The van der Waals surface area contributed by atoms with Gasteiger partial charge in [0.2, 0.25) is 5.91 Å². The van der Waals surface area contributed by atoms with Gasteiger partial charge < -0.3 is 5.32 Å². The van der Waals surface area contributed by atoms with Gasteiger partial charge in [0, 0.05) is 28.2 Å². The second kappa shape index (κ2) is 7.56. The summed E-state index contributed by atoms with van der Waals surface area (Å²) in [4.78, 5) is 12.7. The lowest BCUT2D eigenvalue weighted by Crippen LogP contribution is -2.43. The molecule has 0 unspecified atom stereocenters. The quantitative estimate of drug-likeness (QED) is 0.775. The Morgan fingerprint density at radius 2 is 1.67 bits per heavy atom. The predicted octanol–water partition coefficient (Wildman–Crippen LogP) is 3.51. The van der Waals surface area contributed by atoms with Crippen LogP contribution in [0.25, 0.3) is 11.1 Å². The molecule has 7 heteroatoms. The molecule has 0 saturated heterocycles. The average Bonchev–Trinajstić information content (AvgIpc) is 2.62. The lowest BCUT2D eigenvalue weighted by molar-refractivity contribution is -0.119. The zero-order chi connectivity index (χ0) is 19.7. The Balaban J connectivity index is 1.80. The highest BCUT2D eigenvalue weighted by Crippen LogP contribution is 2.42. The molecule has 0 fully saturated rings. The molecule has 1 heterocycles. The summed E-state index contributed by atoms with van der Waals surface area (Å²) in [6.45, 7) is 6.64. The van der Waals surface area contributed by atoms with Crippen LogP contribution in [-0.2, 0) is 14.8 Å². The van der Waals surface area contributed by atoms with Crippen molar-refractivity contribution in [1.29, 1.82) is 0 Å². The molecule has 1 N–H and O–H groups in total. The number of sulfonamides is 1. The monoisotopic (exact) mass is 404 g/mol. The zero-order valence-corrected chi connectivity index (χ0v) is 17.4. The van der Waals surface area contributed by atoms with E-state index in [2.05, 4.69) is 26.1 Å². The Kier molecular flexibility index (Phi) is 5.53. The van der Waals surface area contributed by atoms with Crippen LogP contribution in [0, 0.1) is 0 Å². The van der Waals surface area contributed by atoms with Crippen LogP contribution in [0.5, 0.6) is 0 Å². The van der Waals surface area contributed by atoms with Crippen LogP contribution in [0.2, 0.25) is 0 Å². The molecule has 27 heavy (non-hydrogen) atoms. The van der Waals surface area contributed by atoms with E-state index in [1.807, 2.05) is 18.2 Å². The van der Waals surface area contributed by atoms with Gasteiger partial charge in [-0.2, -0.15) is 11.8 Å². The third kappa shape index (κ3) is 4.30. The maximum atomic E-state index is 13.1.